The molecule has 0 aliphatic carbocycles. The van der Waals surface area contributed by atoms with Gasteiger partial charge in [0.15, 0.2) is 11.6 Å². The summed E-state index contributed by atoms with van der Waals surface area (Å²) in [6, 6.07) is 2.09. The van der Waals surface area contributed by atoms with Crippen molar-refractivity contribution in [3.63, 3.8) is 0 Å². The molecule has 0 saturated heterocycles. The van der Waals surface area contributed by atoms with Crippen LogP contribution in [0.5, 0.6) is 0 Å². The fraction of sp³-hybridized carbons (Fsp3) is 0.125. The zero-order valence-corrected chi connectivity index (χ0v) is 6.30. The van der Waals surface area contributed by atoms with Crippen molar-refractivity contribution in [1.82, 2.24) is 0 Å². The van der Waals surface area contributed by atoms with Crippen LogP contribution >= 0.6 is 0 Å². The number of halogens is 3. The van der Waals surface area contributed by atoms with E-state index in [1.54, 1.807) is 0 Å². The molecular weight excluding hydrogens is 185 g/mol. The minimum absolute atomic E-state index is 0.411. The molecule has 1 atom stereocenters. The normalized spacial score (nSPS) is 12.5. The molecule has 70 valence electrons. The lowest BCUT2D eigenvalue weighted by molar-refractivity contribution is -0.143. The lowest BCUT2D eigenvalue weighted by Gasteiger charge is -2.02. The predicted octanol–water partition coefficient (Wildman–Crippen LogP) is 2.06. The second-order valence-corrected chi connectivity index (χ2v) is 2.37. The predicted molar refractivity (Wildman–Crippen MR) is 37.8 cm³/mol. The van der Waals surface area contributed by atoms with Crippen molar-refractivity contribution in [2.45, 2.75) is 6.17 Å². The molecule has 1 aromatic carbocycles. The smallest absolute Gasteiger partial charge is 0.343 e. The quantitative estimate of drug-likeness (QED) is 0.774. The van der Waals surface area contributed by atoms with Gasteiger partial charge in [-0.1, -0.05) is 6.07 Å². The molecule has 1 aromatic rings. The highest BCUT2D eigenvalue weighted by Gasteiger charge is 2.19. The number of benzene rings is 1. The van der Waals surface area contributed by atoms with Crippen molar-refractivity contribution in [1.29, 1.82) is 0 Å². The monoisotopic (exact) mass is 190 g/mol. The van der Waals surface area contributed by atoms with Gasteiger partial charge >= 0.3 is 5.97 Å². The van der Waals surface area contributed by atoms with Crippen LogP contribution in [0.4, 0.5) is 13.2 Å². The number of alkyl halides is 1. The largest absolute Gasteiger partial charge is 0.479 e. The van der Waals surface area contributed by atoms with Gasteiger partial charge in [-0.2, -0.15) is 0 Å². The van der Waals surface area contributed by atoms with Crippen LogP contribution in [0.2, 0.25) is 0 Å². The van der Waals surface area contributed by atoms with Gasteiger partial charge < -0.3 is 5.11 Å². The Labute approximate surface area is 71.6 Å². The van der Waals surface area contributed by atoms with E-state index in [-0.39, 0.29) is 0 Å². The Balaban J connectivity index is 3.03. The van der Waals surface area contributed by atoms with Gasteiger partial charge in [0, 0.05) is 5.56 Å². The molecule has 13 heavy (non-hydrogen) atoms. The first-order valence-electron chi connectivity index (χ1n) is 3.34. The molecule has 0 fully saturated rings. The zero-order chi connectivity index (χ0) is 10.0. The summed E-state index contributed by atoms with van der Waals surface area (Å²) in [6.45, 7) is 0. The van der Waals surface area contributed by atoms with Crippen molar-refractivity contribution >= 4 is 5.97 Å². The van der Waals surface area contributed by atoms with E-state index in [2.05, 4.69) is 0 Å². The maximum Gasteiger partial charge on any atom is 0.343 e. The summed E-state index contributed by atoms with van der Waals surface area (Å²) in [7, 11) is 0. The number of hydrogen-bond donors (Lipinski definition) is 1. The molecule has 0 spiro atoms. The van der Waals surface area contributed by atoms with Crippen LogP contribution < -0.4 is 0 Å². The molecule has 0 saturated carbocycles. The highest BCUT2D eigenvalue weighted by molar-refractivity contribution is 5.74. The lowest BCUT2D eigenvalue weighted by atomic mass is 10.1. The molecule has 0 amide bonds. The molecule has 1 unspecified atom stereocenters. The number of carboxylic acid groups (broad SMARTS) is 1. The maximum absolute atomic E-state index is 12.7. The van der Waals surface area contributed by atoms with Crippen LogP contribution in [0.3, 0.4) is 0 Å². The molecule has 0 aromatic heterocycles. The minimum Gasteiger partial charge on any atom is -0.479 e. The molecule has 1 N–H and O–H groups in total. The van der Waals surface area contributed by atoms with Crippen molar-refractivity contribution in [2.24, 2.45) is 0 Å². The molecule has 2 nitrogen and oxygen atoms in total. The van der Waals surface area contributed by atoms with Crippen LogP contribution in [-0.4, -0.2) is 11.1 Å². The number of carboxylic acids is 1. The molecule has 0 radical (unpaired) electrons. The number of aliphatic carboxylic acids is 1. The van der Waals surface area contributed by atoms with E-state index < -0.39 is 29.3 Å². The summed E-state index contributed by atoms with van der Waals surface area (Å²) < 4.78 is 37.5. The second-order valence-electron chi connectivity index (χ2n) is 2.37. The first kappa shape index (κ1) is 9.57. The molecule has 0 bridgehead atoms. The van der Waals surface area contributed by atoms with Crippen molar-refractivity contribution < 1.29 is 23.1 Å². The molecule has 1 rings (SSSR count). The van der Waals surface area contributed by atoms with E-state index in [0.717, 1.165) is 6.07 Å². The average Bonchev–Trinajstić information content (AvgIpc) is 2.08. The summed E-state index contributed by atoms with van der Waals surface area (Å²) in [5, 5.41) is 8.20. The molecule has 0 aliphatic rings. The Hall–Kier alpha value is -1.52. The third-order valence-corrected chi connectivity index (χ3v) is 1.45. The Morgan fingerprint density at radius 2 is 1.92 bits per heavy atom. The topological polar surface area (TPSA) is 37.3 Å². The summed E-state index contributed by atoms with van der Waals surface area (Å²) in [4.78, 5) is 10.1. The van der Waals surface area contributed by atoms with Crippen molar-refractivity contribution in [3.05, 3.63) is 35.4 Å². The first-order valence-corrected chi connectivity index (χ1v) is 3.34. The highest BCUT2D eigenvalue weighted by atomic mass is 19.2. The van der Waals surface area contributed by atoms with Crippen LogP contribution in [0.15, 0.2) is 18.2 Å². The number of rotatable bonds is 2. The van der Waals surface area contributed by atoms with Crippen LogP contribution in [0.1, 0.15) is 11.7 Å². The Bertz CT molecular complexity index is 338. The second kappa shape index (κ2) is 3.47. The fourth-order valence-electron chi connectivity index (χ4n) is 0.813. The summed E-state index contributed by atoms with van der Waals surface area (Å²) in [5.41, 5.74) is -0.411. The lowest BCUT2D eigenvalue weighted by Crippen LogP contribution is -2.06. The van der Waals surface area contributed by atoms with E-state index in [0.29, 0.717) is 12.1 Å². The van der Waals surface area contributed by atoms with E-state index in [4.69, 9.17) is 5.11 Å². The minimum atomic E-state index is -2.32. The molecule has 0 heterocycles. The first-order chi connectivity index (χ1) is 6.02. The van der Waals surface area contributed by atoms with Gasteiger partial charge in [-0.25, -0.2) is 18.0 Å². The SMILES string of the molecule is O=C(O)C(F)c1ccc(F)c(F)c1. The van der Waals surface area contributed by atoms with Crippen LogP contribution in [0.25, 0.3) is 0 Å². The van der Waals surface area contributed by atoms with Crippen molar-refractivity contribution in [2.75, 3.05) is 0 Å². The summed E-state index contributed by atoms with van der Waals surface area (Å²) in [6.07, 6.45) is -2.32. The molecule has 0 aliphatic heterocycles. The van der Waals surface area contributed by atoms with Gasteiger partial charge in [0.05, 0.1) is 0 Å². The van der Waals surface area contributed by atoms with E-state index >= 15 is 0 Å². The van der Waals surface area contributed by atoms with Gasteiger partial charge in [0.25, 0.3) is 0 Å². The van der Waals surface area contributed by atoms with Crippen molar-refractivity contribution in [3.8, 4) is 0 Å². The average molecular weight is 190 g/mol. The van der Waals surface area contributed by atoms with E-state index in [9.17, 15) is 18.0 Å². The third-order valence-electron chi connectivity index (χ3n) is 1.45. The molecule has 5 heteroatoms. The van der Waals surface area contributed by atoms with E-state index in [1.165, 1.54) is 0 Å². The van der Waals surface area contributed by atoms with Crippen LogP contribution in [-0.2, 0) is 4.79 Å². The van der Waals surface area contributed by atoms with Crippen LogP contribution in [0, 0.1) is 11.6 Å². The van der Waals surface area contributed by atoms with Gasteiger partial charge in [-0.15, -0.1) is 0 Å². The number of hydrogen-bond acceptors (Lipinski definition) is 1. The maximum atomic E-state index is 12.7. The summed E-state index contributed by atoms with van der Waals surface area (Å²) in [5.74, 6) is -4.13. The zero-order valence-electron chi connectivity index (χ0n) is 6.30. The number of carbonyl (C=O) groups is 1. The van der Waals surface area contributed by atoms with Gasteiger partial charge in [0.1, 0.15) is 0 Å². The van der Waals surface area contributed by atoms with Gasteiger partial charge in [-0.05, 0) is 12.1 Å². The van der Waals surface area contributed by atoms with Gasteiger partial charge in [0.2, 0.25) is 6.17 Å². The third kappa shape index (κ3) is 1.99. The molecular formula is C8H5F3O2. The van der Waals surface area contributed by atoms with Gasteiger partial charge in [-0.3, -0.25) is 0 Å². The highest BCUT2D eigenvalue weighted by Crippen LogP contribution is 2.19. The Kier molecular flexibility index (Phi) is 2.55. The Morgan fingerprint density at radius 1 is 1.31 bits per heavy atom. The summed E-state index contributed by atoms with van der Waals surface area (Å²) >= 11 is 0. The standard InChI is InChI=1S/C8H5F3O2/c9-5-2-1-4(3-6(5)10)7(11)8(12)13/h1-3,7H,(H,12,13). The van der Waals surface area contributed by atoms with E-state index in [1.807, 2.05) is 0 Å². The fourth-order valence-corrected chi connectivity index (χ4v) is 0.813. The Morgan fingerprint density at radius 3 is 2.38 bits per heavy atom.